The Morgan fingerprint density at radius 3 is 2.69 bits per heavy atom. The Hall–Kier alpha value is -3.12. The summed E-state index contributed by atoms with van der Waals surface area (Å²) < 4.78 is 7.30. The fourth-order valence-electron chi connectivity index (χ4n) is 3.16. The van der Waals surface area contributed by atoms with Gasteiger partial charge in [-0.3, -0.25) is 4.79 Å². The summed E-state index contributed by atoms with van der Waals surface area (Å²) in [5.41, 5.74) is 2.51. The molecule has 2 aromatic carbocycles. The number of anilines is 1. The maximum Gasteiger partial charge on any atom is 0.255 e. The minimum absolute atomic E-state index is 0.137. The van der Waals surface area contributed by atoms with Gasteiger partial charge in [0.2, 0.25) is 0 Å². The molecule has 0 fully saturated rings. The van der Waals surface area contributed by atoms with Gasteiger partial charge in [-0.1, -0.05) is 19.1 Å². The number of imidazole rings is 1. The summed E-state index contributed by atoms with van der Waals surface area (Å²) in [5, 5.41) is 6.45. The van der Waals surface area contributed by atoms with Crippen molar-refractivity contribution in [2.75, 3.05) is 19.0 Å². The number of amides is 1. The fraction of sp³-hybridized carbons (Fsp3) is 0.304. The van der Waals surface area contributed by atoms with E-state index in [-0.39, 0.29) is 5.91 Å². The van der Waals surface area contributed by atoms with E-state index in [0.717, 1.165) is 42.5 Å². The average molecular weight is 393 g/mol. The molecular formula is C23H28N4O2. The Morgan fingerprint density at radius 2 is 2.00 bits per heavy atom. The van der Waals surface area contributed by atoms with Gasteiger partial charge in [-0.25, -0.2) is 4.98 Å². The number of ether oxygens (including phenoxy) is 1. The smallest absolute Gasteiger partial charge is 0.255 e. The number of benzene rings is 2. The lowest BCUT2D eigenvalue weighted by Crippen LogP contribution is -2.24. The van der Waals surface area contributed by atoms with Gasteiger partial charge in [0.1, 0.15) is 11.6 Å². The summed E-state index contributed by atoms with van der Waals surface area (Å²) in [6, 6.07) is 15.0. The summed E-state index contributed by atoms with van der Waals surface area (Å²) in [4.78, 5) is 16.7. The van der Waals surface area contributed by atoms with Gasteiger partial charge in [-0.15, -0.1) is 0 Å². The van der Waals surface area contributed by atoms with Crippen molar-refractivity contribution in [2.24, 2.45) is 5.92 Å². The molecule has 1 unspecified atom stereocenters. The minimum Gasteiger partial charge on any atom is -0.497 e. The van der Waals surface area contributed by atoms with Crippen molar-refractivity contribution < 1.29 is 9.53 Å². The second kappa shape index (κ2) is 9.89. The van der Waals surface area contributed by atoms with Crippen LogP contribution < -0.4 is 15.4 Å². The van der Waals surface area contributed by atoms with Crippen LogP contribution in [0.2, 0.25) is 0 Å². The van der Waals surface area contributed by atoms with Gasteiger partial charge in [-0.05, 0) is 61.3 Å². The van der Waals surface area contributed by atoms with Crippen molar-refractivity contribution in [1.29, 1.82) is 0 Å². The largest absolute Gasteiger partial charge is 0.497 e. The van der Waals surface area contributed by atoms with Gasteiger partial charge in [-0.2, -0.15) is 0 Å². The van der Waals surface area contributed by atoms with Crippen molar-refractivity contribution in [3.8, 4) is 5.75 Å². The number of nitrogens with one attached hydrogen (secondary N) is 2. The molecule has 6 nitrogen and oxygen atoms in total. The quantitative estimate of drug-likeness (QED) is 0.580. The first-order valence-corrected chi connectivity index (χ1v) is 9.78. The van der Waals surface area contributed by atoms with E-state index in [9.17, 15) is 4.79 Å². The Kier molecular flexibility index (Phi) is 7.03. The highest BCUT2D eigenvalue weighted by Gasteiger charge is 2.08. The molecule has 0 aliphatic carbocycles. The van der Waals surface area contributed by atoms with Crippen molar-refractivity contribution >= 4 is 11.6 Å². The lowest BCUT2D eigenvalue weighted by molar-refractivity contribution is 0.102. The number of hydrogen-bond donors (Lipinski definition) is 2. The number of rotatable bonds is 9. The SMILES string of the molecule is COc1ccc(C(=O)Nc2cccc(CNCC(C)Cn3ccnc3C)c2)cc1. The lowest BCUT2D eigenvalue weighted by atomic mass is 10.1. The lowest BCUT2D eigenvalue weighted by Gasteiger charge is -2.15. The van der Waals surface area contributed by atoms with Crippen LogP contribution in [0, 0.1) is 12.8 Å². The van der Waals surface area contributed by atoms with Crippen molar-refractivity contribution in [2.45, 2.75) is 26.9 Å². The summed E-state index contributed by atoms with van der Waals surface area (Å²) in [6.07, 6.45) is 3.85. The van der Waals surface area contributed by atoms with E-state index >= 15 is 0 Å². The Balaban J connectivity index is 1.49. The van der Waals surface area contributed by atoms with Crippen molar-refractivity contribution in [3.63, 3.8) is 0 Å². The van der Waals surface area contributed by atoms with E-state index in [4.69, 9.17) is 4.74 Å². The summed E-state index contributed by atoms with van der Waals surface area (Å²) >= 11 is 0. The van der Waals surface area contributed by atoms with Crippen LogP contribution in [0.5, 0.6) is 5.75 Å². The first kappa shape index (κ1) is 20.6. The van der Waals surface area contributed by atoms with Gasteiger partial charge in [0.25, 0.3) is 5.91 Å². The Morgan fingerprint density at radius 1 is 1.21 bits per heavy atom. The predicted molar refractivity (Wildman–Crippen MR) is 115 cm³/mol. The molecule has 0 saturated heterocycles. The molecule has 0 saturated carbocycles. The van der Waals surface area contributed by atoms with Crippen molar-refractivity contribution in [3.05, 3.63) is 77.9 Å². The van der Waals surface area contributed by atoms with Gasteiger partial charge in [0.15, 0.2) is 0 Å². The third-order valence-electron chi connectivity index (χ3n) is 4.79. The van der Waals surface area contributed by atoms with E-state index in [1.807, 2.05) is 37.5 Å². The number of aryl methyl sites for hydroxylation is 1. The molecule has 1 atom stereocenters. The van der Waals surface area contributed by atoms with Crippen LogP contribution in [0.15, 0.2) is 60.9 Å². The van der Waals surface area contributed by atoms with E-state index < -0.39 is 0 Å². The van der Waals surface area contributed by atoms with Crippen molar-refractivity contribution in [1.82, 2.24) is 14.9 Å². The van der Waals surface area contributed by atoms with Crippen LogP contribution in [0.25, 0.3) is 0 Å². The molecule has 3 aromatic rings. The van der Waals surface area contributed by atoms with Crippen LogP contribution in [0.1, 0.15) is 28.7 Å². The number of carbonyl (C=O) groups is 1. The fourth-order valence-corrected chi connectivity index (χ4v) is 3.16. The molecule has 0 bridgehead atoms. The molecule has 1 amide bonds. The second-order valence-corrected chi connectivity index (χ2v) is 7.25. The van der Waals surface area contributed by atoms with Crippen LogP contribution in [0.3, 0.4) is 0 Å². The normalized spacial score (nSPS) is 11.8. The molecule has 29 heavy (non-hydrogen) atoms. The van der Waals surface area contributed by atoms with E-state index in [1.54, 1.807) is 31.4 Å². The third kappa shape index (κ3) is 5.93. The number of aromatic nitrogens is 2. The monoisotopic (exact) mass is 392 g/mol. The van der Waals surface area contributed by atoms with Crippen LogP contribution in [-0.4, -0.2) is 29.1 Å². The number of hydrogen-bond acceptors (Lipinski definition) is 4. The molecule has 3 rings (SSSR count). The zero-order chi connectivity index (χ0) is 20.6. The highest BCUT2D eigenvalue weighted by Crippen LogP contribution is 2.15. The maximum absolute atomic E-state index is 12.4. The molecule has 2 N–H and O–H groups in total. The average Bonchev–Trinajstić information content (AvgIpc) is 3.12. The van der Waals surface area contributed by atoms with Crippen LogP contribution in [0.4, 0.5) is 5.69 Å². The van der Waals surface area contributed by atoms with E-state index in [2.05, 4.69) is 33.2 Å². The molecule has 0 aliphatic heterocycles. The maximum atomic E-state index is 12.4. The highest BCUT2D eigenvalue weighted by molar-refractivity contribution is 6.04. The molecule has 1 aromatic heterocycles. The molecule has 6 heteroatoms. The van der Waals surface area contributed by atoms with Crippen LogP contribution >= 0.6 is 0 Å². The third-order valence-corrected chi connectivity index (χ3v) is 4.79. The zero-order valence-corrected chi connectivity index (χ0v) is 17.2. The molecule has 152 valence electrons. The molecule has 1 heterocycles. The summed E-state index contributed by atoms with van der Waals surface area (Å²) in [7, 11) is 1.61. The standard InChI is InChI=1S/C23H28N4O2/c1-17(16-27-12-11-25-18(27)2)14-24-15-19-5-4-6-21(13-19)26-23(28)20-7-9-22(29-3)10-8-20/h4-13,17,24H,14-16H2,1-3H3,(H,26,28). The topological polar surface area (TPSA) is 68.2 Å². The Labute approximate surface area is 171 Å². The van der Waals surface area contributed by atoms with E-state index in [1.165, 1.54) is 0 Å². The highest BCUT2D eigenvalue weighted by atomic mass is 16.5. The zero-order valence-electron chi connectivity index (χ0n) is 17.2. The number of nitrogens with zero attached hydrogens (tertiary/aromatic N) is 2. The second-order valence-electron chi connectivity index (χ2n) is 7.25. The molecule has 0 spiro atoms. The minimum atomic E-state index is -0.137. The molecule has 0 aliphatic rings. The predicted octanol–water partition coefficient (Wildman–Crippen LogP) is 3.88. The van der Waals surface area contributed by atoms with Gasteiger partial charge in [0.05, 0.1) is 7.11 Å². The molecular weight excluding hydrogens is 364 g/mol. The number of carbonyl (C=O) groups excluding carboxylic acids is 1. The first-order chi connectivity index (χ1) is 14.0. The van der Waals surface area contributed by atoms with Gasteiger partial charge < -0.3 is 19.9 Å². The summed E-state index contributed by atoms with van der Waals surface area (Å²) in [5.74, 6) is 2.12. The first-order valence-electron chi connectivity index (χ1n) is 9.78. The number of methoxy groups -OCH3 is 1. The van der Waals surface area contributed by atoms with Crippen LogP contribution in [-0.2, 0) is 13.1 Å². The van der Waals surface area contributed by atoms with E-state index in [0.29, 0.717) is 11.5 Å². The summed E-state index contributed by atoms with van der Waals surface area (Å²) in [6.45, 7) is 6.83. The van der Waals surface area contributed by atoms with Gasteiger partial charge >= 0.3 is 0 Å². The molecule has 0 radical (unpaired) electrons. The Bertz CT molecular complexity index is 934. The van der Waals surface area contributed by atoms with Gasteiger partial charge in [0, 0.05) is 36.7 Å².